The number of halogens is 1. The van der Waals surface area contributed by atoms with Crippen LogP contribution in [0.5, 0.6) is 0 Å². The van der Waals surface area contributed by atoms with Crippen LogP contribution in [0.25, 0.3) is 0 Å². The van der Waals surface area contributed by atoms with Crippen molar-refractivity contribution in [3.8, 4) is 0 Å². The summed E-state index contributed by atoms with van der Waals surface area (Å²) >= 11 is 0. The number of fused-ring (bicyclic) bond motifs is 1. The van der Waals surface area contributed by atoms with Crippen molar-refractivity contribution in [3.05, 3.63) is 0 Å². The fourth-order valence-corrected chi connectivity index (χ4v) is 3.26. The summed E-state index contributed by atoms with van der Waals surface area (Å²) in [4.78, 5) is 24.2. The third-order valence-electron chi connectivity index (χ3n) is 3.99. The molecule has 0 aromatic rings. The van der Waals surface area contributed by atoms with E-state index < -0.39 is 46.6 Å². The quantitative estimate of drug-likeness (QED) is 0.736. The summed E-state index contributed by atoms with van der Waals surface area (Å²) in [7, 11) is 0. The number of carbonyl (C=O) groups is 2. The normalized spacial score (nSPS) is 35.1. The van der Waals surface area contributed by atoms with E-state index in [1.807, 2.05) is 0 Å². The molecule has 2 fully saturated rings. The minimum atomic E-state index is -1.77. The molecule has 0 aliphatic heterocycles. The maximum absolute atomic E-state index is 15.1. The van der Waals surface area contributed by atoms with Crippen LogP contribution in [-0.2, 0) is 19.1 Å². The number of rotatable bonds is 2. The Balaban J connectivity index is 2.06. The van der Waals surface area contributed by atoms with E-state index in [2.05, 4.69) is 0 Å². The first-order valence-corrected chi connectivity index (χ1v) is 7.51. The first-order chi connectivity index (χ1) is 9.36. The molecule has 4 nitrogen and oxygen atoms in total. The van der Waals surface area contributed by atoms with E-state index in [0.717, 1.165) is 0 Å². The molecule has 0 amide bonds. The number of hydrogen-bond acceptors (Lipinski definition) is 4. The second-order valence-electron chi connectivity index (χ2n) is 8.11. The van der Waals surface area contributed by atoms with Crippen molar-refractivity contribution >= 4 is 11.9 Å². The summed E-state index contributed by atoms with van der Waals surface area (Å²) in [5, 5.41) is 0. The van der Waals surface area contributed by atoms with Gasteiger partial charge in [-0.2, -0.15) is 0 Å². The van der Waals surface area contributed by atoms with Gasteiger partial charge in [-0.3, -0.25) is 9.59 Å². The molecule has 0 spiro atoms. The highest BCUT2D eigenvalue weighted by Crippen LogP contribution is 2.67. The highest BCUT2D eigenvalue weighted by Gasteiger charge is 2.78. The third kappa shape index (κ3) is 3.06. The minimum absolute atomic E-state index is 0.398. The molecule has 120 valence electrons. The Morgan fingerprint density at radius 3 is 1.90 bits per heavy atom. The second kappa shape index (κ2) is 4.68. The standard InChI is InChI=1S/C16H25FO4/c1-14(2,3)20-12(18)10-8-7-9-11(16(9,10)17)13(19)21-15(4,5)6/h9-11H,7-8H2,1-6H3. The summed E-state index contributed by atoms with van der Waals surface area (Å²) in [6.45, 7) is 10.5. The monoisotopic (exact) mass is 300 g/mol. The molecule has 0 radical (unpaired) electrons. The maximum atomic E-state index is 15.1. The van der Waals surface area contributed by atoms with Crippen molar-refractivity contribution < 1.29 is 23.5 Å². The lowest BCUT2D eigenvalue weighted by molar-refractivity contribution is -0.165. The number of carbonyl (C=O) groups excluding carboxylic acids is 2. The molecule has 0 saturated heterocycles. The van der Waals surface area contributed by atoms with Crippen LogP contribution < -0.4 is 0 Å². The van der Waals surface area contributed by atoms with Crippen molar-refractivity contribution in [3.63, 3.8) is 0 Å². The van der Waals surface area contributed by atoms with Crippen LogP contribution in [0, 0.1) is 17.8 Å². The van der Waals surface area contributed by atoms with Crippen molar-refractivity contribution in [2.24, 2.45) is 17.8 Å². The Hall–Kier alpha value is -1.13. The predicted molar refractivity (Wildman–Crippen MR) is 75.2 cm³/mol. The fourth-order valence-electron chi connectivity index (χ4n) is 3.26. The van der Waals surface area contributed by atoms with Gasteiger partial charge in [-0.1, -0.05) is 0 Å². The number of alkyl halides is 1. The summed E-state index contributed by atoms with van der Waals surface area (Å²) < 4.78 is 25.6. The lowest BCUT2D eigenvalue weighted by atomic mass is 9.97. The first kappa shape index (κ1) is 16.2. The molecule has 0 bridgehead atoms. The molecule has 2 aliphatic rings. The van der Waals surface area contributed by atoms with Gasteiger partial charge < -0.3 is 9.47 Å². The van der Waals surface area contributed by atoms with Crippen LogP contribution in [0.1, 0.15) is 54.4 Å². The molecular formula is C16H25FO4. The molecular weight excluding hydrogens is 275 g/mol. The molecule has 4 unspecified atom stereocenters. The highest BCUT2D eigenvalue weighted by molar-refractivity contribution is 5.84. The average Bonchev–Trinajstić information content (AvgIpc) is 2.65. The number of hydrogen-bond donors (Lipinski definition) is 0. The van der Waals surface area contributed by atoms with Crippen LogP contribution in [0.3, 0.4) is 0 Å². The van der Waals surface area contributed by atoms with Crippen LogP contribution in [0.15, 0.2) is 0 Å². The van der Waals surface area contributed by atoms with Gasteiger partial charge in [-0.25, -0.2) is 4.39 Å². The van der Waals surface area contributed by atoms with E-state index in [0.29, 0.717) is 12.8 Å². The number of esters is 2. The van der Waals surface area contributed by atoms with E-state index >= 15 is 4.39 Å². The van der Waals surface area contributed by atoms with Crippen LogP contribution >= 0.6 is 0 Å². The maximum Gasteiger partial charge on any atom is 0.313 e. The fraction of sp³-hybridized carbons (Fsp3) is 0.875. The zero-order valence-corrected chi connectivity index (χ0v) is 13.7. The summed E-state index contributed by atoms with van der Waals surface area (Å²) in [5.74, 6) is -3.14. The zero-order valence-electron chi connectivity index (χ0n) is 13.7. The van der Waals surface area contributed by atoms with E-state index in [-0.39, 0.29) is 0 Å². The largest absolute Gasteiger partial charge is 0.460 e. The van der Waals surface area contributed by atoms with Gasteiger partial charge in [0.1, 0.15) is 16.9 Å². The van der Waals surface area contributed by atoms with Gasteiger partial charge in [0, 0.05) is 5.92 Å². The van der Waals surface area contributed by atoms with Crippen molar-refractivity contribution in [1.29, 1.82) is 0 Å². The Bertz CT molecular complexity index is 460. The van der Waals surface area contributed by atoms with Gasteiger partial charge in [0.15, 0.2) is 0 Å². The average molecular weight is 300 g/mol. The molecule has 0 aromatic heterocycles. The molecule has 2 rings (SSSR count). The molecule has 5 heteroatoms. The lowest BCUT2D eigenvalue weighted by Crippen LogP contribution is -2.36. The van der Waals surface area contributed by atoms with E-state index in [1.54, 1.807) is 41.5 Å². The predicted octanol–water partition coefficient (Wildman–Crippen LogP) is 3.03. The van der Waals surface area contributed by atoms with Crippen molar-refractivity contribution in [2.75, 3.05) is 0 Å². The SMILES string of the molecule is CC(C)(C)OC(=O)C1CCC2C(C(=O)OC(C)(C)C)C12F. The van der Waals surface area contributed by atoms with Crippen LogP contribution in [0.2, 0.25) is 0 Å². The van der Waals surface area contributed by atoms with Crippen molar-refractivity contribution in [2.45, 2.75) is 71.3 Å². The zero-order chi connectivity index (χ0) is 16.2. The van der Waals surface area contributed by atoms with E-state index in [4.69, 9.17) is 9.47 Å². The molecule has 0 heterocycles. The van der Waals surface area contributed by atoms with Crippen molar-refractivity contribution in [1.82, 2.24) is 0 Å². The van der Waals surface area contributed by atoms with Crippen LogP contribution in [-0.4, -0.2) is 28.8 Å². The Labute approximate surface area is 125 Å². The van der Waals surface area contributed by atoms with Gasteiger partial charge >= 0.3 is 11.9 Å². The summed E-state index contributed by atoms with van der Waals surface area (Å²) in [6, 6.07) is 0. The van der Waals surface area contributed by atoms with E-state index in [1.165, 1.54) is 0 Å². The van der Waals surface area contributed by atoms with Crippen LogP contribution in [0.4, 0.5) is 4.39 Å². The minimum Gasteiger partial charge on any atom is -0.460 e. The van der Waals surface area contributed by atoms with Gasteiger partial charge in [-0.15, -0.1) is 0 Å². The third-order valence-corrected chi connectivity index (χ3v) is 3.99. The Morgan fingerprint density at radius 2 is 1.43 bits per heavy atom. The smallest absolute Gasteiger partial charge is 0.313 e. The molecule has 4 atom stereocenters. The first-order valence-electron chi connectivity index (χ1n) is 7.51. The molecule has 0 aromatic carbocycles. The topological polar surface area (TPSA) is 52.6 Å². The summed E-state index contributed by atoms with van der Waals surface area (Å²) in [5.41, 5.74) is -3.07. The molecule has 2 aliphatic carbocycles. The lowest BCUT2D eigenvalue weighted by Gasteiger charge is -2.25. The van der Waals surface area contributed by atoms with Gasteiger partial charge in [0.05, 0.1) is 11.8 Å². The Morgan fingerprint density at radius 1 is 0.952 bits per heavy atom. The van der Waals surface area contributed by atoms with Gasteiger partial charge in [-0.05, 0) is 54.4 Å². The number of ether oxygens (including phenoxy) is 2. The molecule has 2 saturated carbocycles. The summed E-state index contributed by atoms with van der Waals surface area (Å²) in [6.07, 6.45) is 0.972. The second-order valence-corrected chi connectivity index (χ2v) is 8.11. The highest BCUT2D eigenvalue weighted by atomic mass is 19.1. The molecule has 21 heavy (non-hydrogen) atoms. The Kier molecular flexibility index (Phi) is 3.62. The van der Waals surface area contributed by atoms with Gasteiger partial charge in [0.25, 0.3) is 0 Å². The van der Waals surface area contributed by atoms with E-state index in [9.17, 15) is 9.59 Å². The van der Waals surface area contributed by atoms with Gasteiger partial charge in [0.2, 0.25) is 0 Å². The molecule has 0 N–H and O–H groups in total.